The second-order valence-corrected chi connectivity index (χ2v) is 11.1. The molecule has 0 spiro atoms. The van der Waals surface area contributed by atoms with Gasteiger partial charge in [-0.1, -0.05) is 49.7 Å². The number of ketones is 1. The Morgan fingerprint density at radius 2 is 1.36 bits per heavy atom. The third kappa shape index (κ3) is 7.58. The van der Waals surface area contributed by atoms with Gasteiger partial charge in [-0.3, -0.25) is 14.4 Å². The van der Waals surface area contributed by atoms with Crippen LogP contribution >= 0.6 is 0 Å². The fraction of sp³-hybridized carbons (Fsp3) is 0.400. The number of anilines is 2. The number of aliphatic hydroxyl groups is 1. The van der Waals surface area contributed by atoms with E-state index in [0.717, 1.165) is 12.8 Å². The van der Waals surface area contributed by atoms with Crippen molar-refractivity contribution in [3.05, 3.63) is 78.4 Å². The number of unbranched alkanes of at least 4 members (excludes halogenated alkanes) is 1. The summed E-state index contributed by atoms with van der Waals surface area (Å²) in [6.45, 7) is 8.56. The van der Waals surface area contributed by atoms with E-state index in [1.54, 1.807) is 72.8 Å². The fourth-order valence-corrected chi connectivity index (χ4v) is 5.74. The molecule has 3 N–H and O–H groups in total. The maximum absolute atomic E-state index is 14.1. The second kappa shape index (κ2) is 14.9. The van der Waals surface area contributed by atoms with Gasteiger partial charge >= 0.3 is 0 Å². The number of hydrogen-bond acceptors (Lipinski definition) is 7. The van der Waals surface area contributed by atoms with Gasteiger partial charge in [0.1, 0.15) is 28.9 Å². The van der Waals surface area contributed by atoms with Crippen molar-refractivity contribution in [2.45, 2.75) is 58.5 Å². The van der Waals surface area contributed by atoms with Crippen LogP contribution in [0.3, 0.4) is 0 Å². The van der Waals surface area contributed by atoms with Crippen molar-refractivity contribution in [1.82, 2.24) is 0 Å². The van der Waals surface area contributed by atoms with Gasteiger partial charge in [0.05, 0.1) is 42.7 Å². The predicted molar refractivity (Wildman–Crippen MR) is 169 cm³/mol. The summed E-state index contributed by atoms with van der Waals surface area (Å²) in [5, 5.41) is 17.4. The molecule has 3 aromatic carbocycles. The van der Waals surface area contributed by atoms with Crippen molar-refractivity contribution in [1.29, 1.82) is 0 Å². The third-order valence-electron chi connectivity index (χ3n) is 7.75. The Morgan fingerprint density at radius 3 is 1.91 bits per heavy atom. The lowest BCUT2D eigenvalue weighted by molar-refractivity contribution is -0.150. The van der Waals surface area contributed by atoms with Crippen LogP contribution in [0, 0.1) is 11.8 Å². The van der Waals surface area contributed by atoms with Crippen molar-refractivity contribution in [2.75, 3.05) is 30.5 Å². The zero-order chi connectivity index (χ0) is 31.7. The minimum absolute atomic E-state index is 0.377. The molecule has 0 aliphatic heterocycles. The normalized spacial score (nSPS) is 21.3. The molecule has 1 fully saturated rings. The van der Waals surface area contributed by atoms with Gasteiger partial charge in [0.25, 0.3) is 0 Å². The van der Waals surface area contributed by atoms with Gasteiger partial charge < -0.3 is 30.0 Å². The van der Waals surface area contributed by atoms with Crippen LogP contribution < -0.4 is 24.8 Å². The largest absolute Gasteiger partial charge is 0.494 e. The van der Waals surface area contributed by atoms with Crippen LogP contribution in [0.5, 0.6) is 17.2 Å². The molecule has 0 bridgehead atoms. The molecule has 1 aliphatic rings. The molecule has 9 nitrogen and oxygen atoms in total. The Morgan fingerprint density at radius 1 is 0.818 bits per heavy atom. The zero-order valence-corrected chi connectivity index (χ0v) is 25.8. The van der Waals surface area contributed by atoms with E-state index in [9.17, 15) is 19.5 Å². The van der Waals surface area contributed by atoms with Crippen LogP contribution in [0.4, 0.5) is 11.4 Å². The highest BCUT2D eigenvalue weighted by Gasteiger charge is 2.56. The van der Waals surface area contributed by atoms with E-state index in [-0.39, 0.29) is 6.42 Å². The van der Waals surface area contributed by atoms with E-state index < -0.39 is 41.0 Å². The molecule has 4 atom stereocenters. The topological polar surface area (TPSA) is 123 Å². The van der Waals surface area contributed by atoms with E-state index in [4.69, 9.17) is 14.2 Å². The molecule has 0 heterocycles. The smallest absolute Gasteiger partial charge is 0.235 e. The Labute approximate surface area is 258 Å². The average Bonchev–Trinajstić information content (AvgIpc) is 2.99. The Balaban J connectivity index is 1.75. The first-order valence-corrected chi connectivity index (χ1v) is 15.2. The van der Waals surface area contributed by atoms with Crippen LogP contribution in [0.2, 0.25) is 0 Å². The van der Waals surface area contributed by atoms with E-state index in [1.807, 2.05) is 13.8 Å². The SMILES string of the molecule is CCCCOc1ccc(C2C(C(=O)Nc3ccccc3OCC)C(=O)CC(C)(O)C2C(=O)Nc2ccccc2OCC)cc1. The molecule has 44 heavy (non-hydrogen) atoms. The number of benzene rings is 3. The number of ether oxygens (including phenoxy) is 3. The fourth-order valence-electron chi connectivity index (χ4n) is 5.74. The molecule has 4 rings (SSSR count). The molecule has 4 unspecified atom stereocenters. The van der Waals surface area contributed by atoms with Crippen molar-refractivity contribution in [3.8, 4) is 17.2 Å². The maximum atomic E-state index is 14.1. The lowest BCUT2D eigenvalue weighted by Gasteiger charge is -2.44. The highest BCUT2D eigenvalue weighted by molar-refractivity contribution is 6.11. The summed E-state index contributed by atoms with van der Waals surface area (Å²) in [4.78, 5) is 41.8. The quantitative estimate of drug-likeness (QED) is 0.162. The van der Waals surface area contributed by atoms with Crippen molar-refractivity contribution in [2.24, 2.45) is 11.8 Å². The summed E-state index contributed by atoms with van der Waals surface area (Å²) in [6, 6.07) is 21.0. The van der Waals surface area contributed by atoms with Crippen LogP contribution in [0.25, 0.3) is 0 Å². The summed E-state index contributed by atoms with van der Waals surface area (Å²) >= 11 is 0. The number of carbonyl (C=O) groups excluding carboxylic acids is 3. The number of para-hydroxylation sites is 4. The van der Waals surface area contributed by atoms with Crippen molar-refractivity contribution >= 4 is 29.0 Å². The molecular weight excluding hydrogens is 560 g/mol. The van der Waals surface area contributed by atoms with E-state index in [0.29, 0.717) is 54.0 Å². The molecule has 0 aromatic heterocycles. The summed E-state index contributed by atoms with van der Waals surface area (Å²) in [5.41, 5.74) is -0.354. The van der Waals surface area contributed by atoms with Gasteiger partial charge in [-0.25, -0.2) is 0 Å². The number of rotatable bonds is 13. The molecule has 3 aromatic rings. The van der Waals surface area contributed by atoms with Crippen LogP contribution in [0.15, 0.2) is 72.8 Å². The second-order valence-electron chi connectivity index (χ2n) is 11.1. The molecule has 9 heteroatoms. The van der Waals surface area contributed by atoms with E-state index in [2.05, 4.69) is 17.6 Å². The highest BCUT2D eigenvalue weighted by atomic mass is 16.5. The van der Waals surface area contributed by atoms with Gasteiger partial charge in [-0.05, 0) is 69.2 Å². The Hall–Kier alpha value is -4.37. The minimum Gasteiger partial charge on any atom is -0.494 e. The lowest BCUT2D eigenvalue weighted by Crippen LogP contribution is -2.56. The third-order valence-corrected chi connectivity index (χ3v) is 7.75. The Kier molecular flexibility index (Phi) is 11.0. The van der Waals surface area contributed by atoms with Gasteiger partial charge in [0.2, 0.25) is 11.8 Å². The molecule has 1 aliphatic carbocycles. The van der Waals surface area contributed by atoms with Crippen molar-refractivity contribution in [3.63, 3.8) is 0 Å². The van der Waals surface area contributed by atoms with Crippen LogP contribution in [0.1, 0.15) is 58.4 Å². The molecular formula is C35H42N2O7. The summed E-state index contributed by atoms with van der Waals surface area (Å²) in [6.07, 6.45) is 1.51. The predicted octanol–water partition coefficient (Wildman–Crippen LogP) is 5.98. The van der Waals surface area contributed by atoms with Gasteiger partial charge in [-0.15, -0.1) is 0 Å². The first kappa shape index (κ1) is 32.5. The maximum Gasteiger partial charge on any atom is 0.235 e. The first-order valence-electron chi connectivity index (χ1n) is 15.2. The zero-order valence-electron chi connectivity index (χ0n) is 25.8. The minimum atomic E-state index is -1.75. The standard InChI is InChI=1S/C35H42N2O7/c1-5-8-21-44-24-19-17-23(18-20-24)30-31(33(39)36-25-13-9-11-15-28(25)42-6-2)27(38)22-35(4,41)32(30)34(40)37-26-14-10-12-16-29(26)43-7-3/h9-20,30-32,41H,5-8,21-22H2,1-4H3,(H,36,39)(H,37,40). The van der Waals surface area contributed by atoms with E-state index >= 15 is 0 Å². The number of carbonyl (C=O) groups is 3. The number of amides is 2. The Bertz CT molecular complexity index is 1440. The highest BCUT2D eigenvalue weighted by Crippen LogP contribution is 2.47. The summed E-state index contributed by atoms with van der Waals surface area (Å²) in [5.74, 6) is -3.44. The van der Waals surface area contributed by atoms with Gasteiger partial charge in [0, 0.05) is 12.3 Å². The van der Waals surface area contributed by atoms with Crippen LogP contribution in [-0.2, 0) is 14.4 Å². The average molecular weight is 603 g/mol. The molecule has 234 valence electrons. The van der Waals surface area contributed by atoms with E-state index in [1.165, 1.54) is 6.92 Å². The van der Waals surface area contributed by atoms with Gasteiger partial charge in [0.15, 0.2) is 0 Å². The molecule has 0 saturated heterocycles. The number of Topliss-reactive ketones (excluding diaryl/α,β-unsaturated/α-hetero) is 1. The number of nitrogens with one attached hydrogen (secondary N) is 2. The number of hydrogen-bond donors (Lipinski definition) is 3. The lowest BCUT2D eigenvalue weighted by atomic mass is 9.61. The van der Waals surface area contributed by atoms with Crippen molar-refractivity contribution < 1.29 is 33.7 Å². The first-order chi connectivity index (χ1) is 21.2. The molecule has 2 amide bonds. The summed E-state index contributed by atoms with van der Waals surface area (Å²) < 4.78 is 17.2. The molecule has 0 radical (unpaired) electrons. The van der Waals surface area contributed by atoms with Gasteiger partial charge in [-0.2, -0.15) is 0 Å². The van der Waals surface area contributed by atoms with Crippen LogP contribution in [-0.4, -0.2) is 48.1 Å². The molecule has 1 saturated carbocycles. The monoisotopic (exact) mass is 602 g/mol. The summed E-state index contributed by atoms with van der Waals surface area (Å²) in [7, 11) is 0.